The van der Waals surface area contributed by atoms with Gasteiger partial charge in [-0.25, -0.2) is 0 Å². The van der Waals surface area contributed by atoms with Crippen LogP contribution in [-0.4, -0.2) is 41.9 Å². The van der Waals surface area contributed by atoms with Gasteiger partial charge in [0.1, 0.15) is 5.69 Å². The summed E-state index contributed by atoms with van der Waals surface area (Å²) >= 11 is 0. The average Bonchev–Trinajstić information content (AvgIpc) is 2.47. The second-order valence-corrected chi connectivity index (χ2v) is 4.93. The van der Waals surface area contributed by atoms with E-state index < -0.39 is 4.92 Å². The molecule has 0 radical (unpaired) electrons. The molecule has 0 saturated carbocycles. The first-order valence-corrected chi connectivity index (χ1v) is 6.52. The third-order valence-corrected chi connectivity index (χ3v) is 3.65. The Morgan fingerprint density at radius 1 is 1.45 bits per heavy atom. The number of carbonyl (C=O) groups is 1. The molecular formula is C13H18N4O3. The van der Waals surface area contributed by atoms with Crippen LogP contribution in [0.5, 0.6) is 0 Å². The molecule has 1 saturated heterocycles. The molecule has 108 valence electrons. The first kappa shape index (κ1) is 14.3. The first-order chi connectivity index (χ1) is 9.50. The SMILES string of the molecule is CN(C(=O)c1ccc(N)c([N+](=O)[O-])c1)C1CCNCC1. The minimum Gasteiger partial charge on any atom is -0.393 e. The fourth-order valence-corrected chi connectivity index (χ4v) is 2.40. The van der Waals surface area contributed by atoms with Crippen LogP contribution in [0.15, 0.2) is 18.2 Å². The summed E-state index contributed by atoms with van der Waals surface area (Å²) in [6.07, 6.45) is 1.78. The Morgan fingerprint density at radius 3 is 2.70 bits per heavy atom. The van der Waals surface area contributed by atoms with Crippen molar-refractivity contribution in [2.24, 2.45) is 0 Å². The zero-order valence-electron chi connectivity index (χ0n) is 11.3. The van der Waals surface area contributed by atoms with Crippen molar-refractivity contribution in [3.8, 4) is 0 Å². The Morgan fingerprint density at radius 2 is 2.10 bits per heavy atom. The van der Waals surface area contributed by atoms with Gasteiger partial charge in [-0.15, -0.1) is 0 Å². The lowest BCUT2D eigenvalue weighted by Gasteiger charge is -2.31. The van der Waals surface area contributed by atoms with E-state index in [2.05, 4.69) is 5.32 Å². The maximum absolute atomic E-state index is 12.4. The van der Waals surface area contributed by atoms with E-state index in [0.29, 0.717) is 5.56 Å². The number of piperidine rings is 1. The first-order valence-electron chi connectivity index (χ1n) is 6.52. The maximum Gasteiger partial charge on any atom is 0.292 e. The lowest BCUT2D eigenvalue weighted by Crippen LogP contribution is -2.43. The standard InChI is InChI=1S/C13H18N4O3/c1-16(10-4-6-15-7-5-10)13(18)9-2-3-11(14)12(8-9)17(19)20/h2-3,8,10,15H,4-7,14H2,1H3. The van der Waals surface area contributed by atoms with Crippen LogP contribution in [0.25, 0.3) is 0 Å². The summed E-state index contributed by atoms with van der Waals surface area (Å²) in [5.41, 5.74) is 5.67. The minimum atomic E-state index is -0.573. The molecule has 3 N–H and O–H groups in total. The van der Waals surface area contributed by atoms with E-state index in [0.717, 1.165) is 25.9 Å². The molecule has 1 aliphatic rings. The van der Waals surface area contributed by atoms with Crippen molar-refractivity contribution in [1.29, 1.82) is 0 Å². The molecule has 2 rings (SSSR count). The van der Waals surface area contributed by atoms with Crippen LogP contribution in [0.1, 0.15) is 23.2 Å². The van der Waals surface area contributed by atoms with E-state index in [-0.39, 0.29) is 23.3 Å². The quantitative estimate of drug-likeness (QED) is 0.488. The molecule has 0 aromatic heterocycles. The highest BCUT2D eigenvalue weighted by Crippen LogP contribution is 2.23. The molecule has 20 heavy (non-hydrogen) atoms. The predicted molar refractivity (Wildman–Crippen MR) is 75.5 cm³/mol. The molecule has 1 amide bonds. The van der Waals surface area contributed by atoms with Crippen LogP contribution in [0, 0.1) is 10.1 Å². The summed E-state index contributed by atoms with van der Waals surface area (Å²) in [7, 11) is 1.74. The number of nitrogen functional groups attached to an aromatic ring is 1. The van der Waals surface area contributed by atoms with Crippen LogP contribution < -0.4 is 11.1 Å². The highest BCUT2D eigenvalue weighted by molar-refractivity contribution is 5.95. The highest BCUT2D eigenvalue weighted by Gasteiger charge is 2.24. The Labute approximate surface area is 116 Å². The second kappa shape index (κ2) is 5.87. The lowest BCUT2D eigenvalue weighted by molar-refractivity contribution is -0.383. The smallest absolute Gasteiger partial charge is 0.292 e. The third-order valence-electron chi connectivity index (χ3n) is 3.65. The Bertz CT molecular complexity index is 526. The number of carbonyl (C=O) groups excluding carboxylic acids is 1. The van der Waals surface area contributed by atoms with Gasteiger partial charge in [0.15, 0.2) is 0 Å². The number of rotatable bonds is 3. The summed E-state index contributed by atoms with van der Waals surface area (Å²) in [6.45, 7) is 1.76. The molecule has 1 fully saturated rings. The molecule has 1 aromatic carbocycles. The van der Waals surface area contributed by atoms with E-state index in [4.69, 9.17) is 5.73 Å². The second-order valence-electron chi connectivity index (χ2n) is 4.93. The number of nitrogens with one attached hydrogen (secondary N) is 1. The summed E-state index contributed by atoms with van der Waals surface area (Å²) in [4.78, 5) is 24.3. The molecule has 1 aromatic rings. The largest absolute Gasteiger partial charge is 0.393 e. The van der Waals surface area contributed by atoms with Gasteiger partial charge in [0, 0.05) is 24.7 Å². The monoisotopic (exact) mass is 278 g/mol. The van der Waals surface area contributed by atoms with Crippen LogP contribution in [-0.2, 0) is 0 Å². The van der Waals surface area contributed by atoms with Crippen LogP contribution in [0.3, 0.4) is 0 Å². The van der Waals surface area contributed by atoms with Crippen LogP contribution >= 0.6 is 0 Å². The van der Waals surface area contributed by atoms with Crippen LogP contribution in [0.4, 0.5) is 11.4 Å². The summed E-state index contributed by atoms with van der Waals surface area (Å²) in [5, 5.41) is 14.1. The normalized spacial score (nSPS) is 15.8. The number of hydrogen-bond donors (Lipinski definition) is 2. The number of hydrogen-bond acceptors (Lipinski definition) is 5. The fraction of sp³-hybridized carbons (Fsp3) is 0.462. The summed E-state index contributed by atoms with van der Waals surface area (Å²) in [5.74, 6) is -0.208. The van der Waals surface area contributed by atoms with Crippen molar-refractivity contribution in [2.75, 3.05) is 25.9 Å². The van der Waals surface area contributed by atoms with Crippen molar-refractivity contribution < 1.29 is 9.72 Å². The number of amides is 1. The van der Waals surface area contributed by atoms with E-state index >= 15 is 0 Å². The van der Waals surface area contributed by atoms with Gasteiger partial charge in [-0.1, -0.05) is 0 Å². The van der Waals surface area contributed by atoms with Gasteiger partial charge < -0.3 is 16.0 Å². The number of benzene rings is 1. The van der Waals surface area contributed by atoms with Gasteiger partial charge in [0.05, 0.1) is 4.92 Å². The Balaban J connectivity index is 2.19. The van der Waals surface area contributed by atoms with E-state index in [1.807, 2.05) is 0 Å². The van der Waals surface area contributed by atoms with Gasteiger partial charge in [0.25, 0.3) is 11.6 Å². The van der Waals surface area contributed by atoms with Gasteiger partial charge in [-0.05, 0) is 38.1 Å². The van der Waals surface area contributed by atoms with Gasteiger partial charge in [-0.2, -0.15) is 0 Å². The molecule has 1 aliphatic heterocycles. The Hall–Kier alpha value is -2.15. The van der Waals surface area contributed by atoms with Crippen molar-refractivity contribution in [3.05, 3.63) is 33.9 Å². The van der Waals surface area contributed by atoms with Crippen molar-refractivity contribution >= 4 is 17.3 Å². The third kappa shape index (κ3) is 2.88. The molecule has 7 heteroatoms. The van der Waals surface area contributed by atoms with Gasteiger partial charge >= 0.3 is 0 Å². The van der Waals surface area contributed by atoms with Gasteiger partial charge in [0.2, 0.25) is 0 Å². The molecule has 0 aliphatic carbocycles. The number of anilines is 1. The zero-order valence-corrected chi connectivity index (χ0v) is 11.3. The zero-order chi connectivity index (χ0) is 14.7. The molecule has 1 heterocycles. The number of nitro groups is 1. The predicted octanol–water partition coefficient (Wildman–Crippen LogP) is 1.00. The summed E-state index contributed by atoms with van der Waals surface area (Å²) in [6, 6.07) is 4.35. The highest BCUT2D eigenvalue weighted by atomic mass is 16.6. The van der Waals surface area contributed by atoms with Crippen LogP contribution in [0.2, 0.25) is 0 Å². The fourth-order valence-electron chi connectivity index (χ4n) is 2.40. The maximum atomic E-state index is 12.4. The number of nitro benzene ring substituents is 1. The average molecular weight is 278 g/mol. The number of nitrogens with two attached hydrogens (primary N) is 1. The van der Waals surface area contributed by atoms with E-state index in [9.17, 15) is 14.9 Å². The Kier molecular flexibility index (Phi) is 4.19. The van der Waals surface area contributed by atoms with Crippen molar-refractivity contribution in [1.82, 2.24) is 10.2 Å². The molecule has 0 unspecified atom stereocenters. The molecule has 0 bridgehead atoms. The van der Waals surface area contributed by atoms with E-state index in [1.54, 1.807) is 11.9 Å². The minimum absolute atomic E-state index is 0.0658. The molecular weight excluding hydrogens is 260 g/mol. The van der Waals surface area contributed by atoms with Crippen molar-refractivity contribution in [3.63, 3.8) is 0 Å². The number of nitrogens with zero attached hydrogens (tertiary/aromatic N) is 2. The summed E-state index contributed by atoms with van der Waals surface area (Å²) < 4.78 is 0. The lowest BCUT2D eigenvalue weighted by atomic mass is 10.0. The van der Waals surface area contributed by atoms with Crippen molar-refractivity contribution in [2.45, 2.75) is 18.9 Å². The van der Waals surface area contributed by atoms with E-state index in [1.165, 1.54) is 18.2 Å². The van der Waals surface area contributed by atoms with Gasteiger partial charge in [-0.3, -0.25) is 14.9 Å². The molecule has 0 atom stereocenters. The molecule has 7 nitrogen and oxygen atoms in total. The topological polar surface area (TPSA) is 102 Å². The molecule has 0 spiro atoms.